The molecule has 0 aliphatic carbocycles. The number of nitriles is 1. The third kappa shape index (κ3) is 2.90. The molecular formula is C14H9FN2O3. The van der Waals surface area contributed by atoms with E-state index in [-0.39, 0.29) is 17.9 Å². The van der Waals surface area contributed by atoms with Gasteiger partial charge in [0.1, 0.15) is 23.7 Å². The summed E-state index contributed by atoms with van der Waals surface area (Å²) in [6.45, 7) is -0.280. The van der Waals surface area contributed by atoms with Crippen molar-refractivity contribution < 1.29 is 14.1 Å². The summed E-state index contributed by atoms with van der Waals surface area (Å²) in [5, 5.41) is 19.6. The van der Waals surface area contributed by atoms with Crippen LogP contribution in [0.1, 0.15) is 11.1 Å². The van der Waals surface area contributed by atoms with Gasteiger partial charge in [0.25, 0.3) is 5.69 Å². The summed E-state index contributed by atoms with van der Waals surface area (Å²) in [6, 6.07) is 11.8. The van der Waals surface area contributed by atoms with Crippen LogP contribution in [0.25, 0.3) is 0 Å². The van der Waals surface area contributed by atoms with Crippen molar-refractivity contribution >= 4 is 5.69 Å². The minimum atomic E-state index is -0.698. The summed E-state index contributed by atoms with van der Waals surface area (Å²) in [6.07, 6.45) is 0. The lowest BCUT2D eigenvalue weighted by atomic mass is 10.2. The molecule has 0 atom stereocenters. The van der Waals surface area contributed by atoms with E-state index in [1.165, 1.54) is 18.2 Å². The summed E-state index contributed by atoms with van der Waals surface area (Å²) in [7, 11) is 0. The number of nitro benzene ring substituents is 1. The van der Waals surface area contributed by atoms with Gasteiger partial charge < -0.3 is 4.74 Å². The maximum atomic E-state index is 13.6. The van der Waals surface area contributed by atoms with Gasteiger partial charge >= 0.3 is 0 Å². The molecule has 2 aromatic rings. The first kappa shape index (κ1) is 13.5. The molecule has 0 bridgehead atoms. The number of ether oxygens (including phenoxy) is 1. The van der Waals surface area contributed by atoms with Gasteiger partial charge in [0.05, 0.1) is 16.6 Å². The fourth-order valence-corrected chi connectivity index (χ4v) is 1.67. The highest BCUT2D eigenvalue weighted by atomic mass is 19.1. The largest absolute Gasteiger partial charge is 0.488 e. The van der Waals surface area contributed by atoms with E-state index in [2.05, 4.69) is 0 Å². The fraction of sp³-hybridized carbons (Fsp3) is 0.0714. The summed E-state index contributed by atoms with van der Waals surface area (Å²) < 4.78 is 18.9. The quantitative estimate of drug-likeness (QED) is 0.632. The minimum Gasteiger partial charge on any atom is -0.488 e. The van der Waals surface area contributed by atoms with Gasteiger partial charge in [0.2, 0.25) is 0 Å². The molecule has 0 aromatic heterocycles. The molecule has 0 radical (unpaired) electrons. The summed E-state index contributed by atoms with van der Waals surface area (Å²) in [5.74, 6) is -0.350. The Bertz CT molecular complexity index is 695. The number of hydrogen-bond donors (Lipinski definition) is 0. The van der Waals surface area contributed by atoms with Crippen molar-refractivity contribution in [2.75, 3.05) is 0 Å². The fourth-order valence-electron chi connectivity index (χ4n) is 1.67. The molecule has 0 amide bonds. The smallest absolute Gasteiger partial charge is 0.278 e. The van der Waals surface area contributed by atoms with Crippen LogP contribution in [0.2, 0.25) is 0 Å². The van der Waals surface area contributed by atoms with Crippen molar-refractivity contribution in [3.63, 3.8) is 0 Å². The van der Waals surface area contributed by atoms with Gasteiger partial charge in [0, 0.05) is 6.07 Å². The van der Waals surface area contributed by atoms with Crippen LogP contribution >= 0.6 is 0 Å². The predicted molar refractivity (Wildman–Crippen MR) is 68.5 cm³/mol. The van der Waals surface area contributed by atoms with Gasteiger partial charge in [-0.25, -0.2) is 4.39 Å². The highest BCUT2D eigenvalue weighted by Crippen LogP contribution is 2.23. The number of halogens is 1. The van der Waals surface area contributed by atoms with E-state index in [9.17, 15) is 14.5 Å². The van der Waals surface area contributed by atoms with Crippen molar-refractivity contribution in [2.24, 2.45) is 0 Å². The Balaban J connectivity index is 2.23. The Morgan fingerprint density at radius 2 is 2.05 bits per heavy atom. The average molecular weight is 272 g/mol. The third-order valence-corrected chi connectivity index (χ3v) is 2.64. The van der Waals surface area contributed by atoms with E-state index in [4.69, 9.17) is 10.00 Å². The standard InChI is InChI=1S/C14H9FN2O3/c15-13-5-2-6-14(17(18)19)12(13)9-20-11-4-1-3-10(7-11)8-16/h1-7H,9H2. The maximum Gasteiger partial charge on any atom is 0.278 e. The van der Waals surface area contributed by atoms with E-state index in [1.54, 1.807) is 18.2 Å². The molecular weight excluding hydrogens is 263 g/mol. The predicted octanol–water partition coefficient (Wildman–Crippen LogP) is 3.18. The third-order valence-electron chi connectivity index (χ3n) is 2.64. The molecule has 0 saturated heterocycles. The molecule has 0 aliphatic heterocycles. The molecule has 0 aliphatic rings. The first-order valence-corrected chi connectivity index (χ1v) is 5.66. The second kappa shape index (κ2) is 5.80. The first-order chi connectivity index (χ1) is 9.61. The van der Waals surface area contributed by atoms with Crippen molar-refractivity contribution in [1.29, 1.82) is 5.26 Å². The van der Waals surface area contributed by atoms with E-state index in [0.717, 1.165) is 6.07 Å². The van der Waals surface area contributed by atoms with Gasteiger partial charge in [-0.1, -0.05) is 12.1 Å². The van der Waals surface area contributed by atoms with Gasteiger partial charge in [0.15, 0.2) is 0 Å². The van der Waals surface area contributed by atoms with Crippen molar-refractivity contribution in [1.82, 2.24) is 0 Å². The van der Waals surface area contributed by atoms with Gasteiger partial charge in [-0.3, -0.25) is 10.1 Å². The zero-order valence-corrected chi connectivity index (χ0v) is 10.2. The number of benzene rings is 2. The molecule has 20 heavy (non-hydrogen) atoms. The zero-order chi connectivity index (χ0) is 14.5. The van der Waals surface area contributed by atoms with Gasteiger partial charge in [-0.15, -0.1) is 0 Å². The van der Waals surface area contributed by atoms with Crippen molar-refractivity contribution in [3.8, 4) is 11.8 Å². The lowest BCUT2D eigenvalue weighted by Crippen LogP contribution is -2.03. The van der Waals surface area contributed by atoms with Crippen LogP contribution < -0.4 is 4.74 Å². The van der Waals surface area contributed by atoms with E-state index < -0.39 is 10.7 Å². The van der Waals surface area contributed by atoms with Gasteiger partial charge in [-0.05, 0) is 24.3 Å². The molecule has 0 spiro atoms. The van der Waals surface area contributed by atoms with E-state index in [1.807, 2.05) is 6.07 Å². The highest BCUT2D eigenvalue weighted by molar-refractivity contribution is 5.41. The van der Waals surface area contributed by atoms with Gasteiger partial charge in [-0.2, -0.15) is 5.26 Å². The molecule has 6 heteroatoms. The van der Waals surface area contributed by atoms with Crippen molar-refractivity contribution in [3.05, 3.63) is 69.5 Å². The Kier molecular flexibility index (Phi) is 3.91. The Hall–Kier alpha value is -2.94. The van der Waals surface area contributed by atoms with E-state index in [0.29, 0.717) is 11.3 Å². The number of rotatable bonds is 4. The molecule has 0 saturated carbocycles. The van der Waals surface area contributed by atoms with E-state index >= 15 is 0 Å². The SMILES string of the molecule is N#Cc1cccc(OCc2c(F)cccc2[N+](=O)[O-])c1. The highest BCUT2D eigenvalue weighted by Gasteiger charge is 2.18. The lowest BCUT2D eigenvalue weighted by Gasteiger charge is -2.07. The summed E-state index contributed by atoms with van der Waals surface area (Å²) in [5.41, 5.74) is -0.0631. The van der Waals surface area contributed by atoms with Crippen LogP contribution in [-0.4, -0.2) is 4.92 Å². The second-order valence-electron chi connectivity index (χ2n) is 3.92. The Morgan fingerprint density at radius 3 is 2.75 bits per heavy atom. The molecule has 2 rings (SSSR count). The summed E-state index contributed by atoms with van der Waals surface area (Å²) in [4.78, 5) is 10.2. The Labute approximate surface area is 114 Å². The molecule has 0 N–H and O–H groups in total. The van der Waals surface area contributed by atoms with Crippen LogP contribution in [0, 0.1) is 27.3 Å². The Morgan fingerprint density at radius 1 is 1.30 bits per heavy atom. The van der Waals surface area contributed by atoms with Crippen LogP contribution in [0.3, 0.4) is 0 Å². The number of hydrogen-bond acceptors (Lipinski definition) is 4. The normalized spacial score (nSPS) is 9.80. The number of nitrogens with zero attached hydrogens (tertiary/aromatic N) is 2. The molecule has 100 valence electrons. The van der Waals surface area contributed by atoms with Crippen LogP contribution in [0.15, 0.2) is 42.5 Å². The monoisotopic (exact) mass is 272 g/mol. The minimum absolute atomic E-state index is 0.125. The molecule has 0 heterocycles. The molecule has 2 aromatic carbocycles. The van der Waals surface area contributed by atoms with Crippen molar-refractivity contribution in [2.45, 2.75) is 6.61 Å². The topological polar surface area (TPSA) is 76.2 Å². The number of nitro groups is 1. The maximum absolute atomic E-state index is 13.6. The molecule has 0 unspecified atom stereocenters. The second-order valence-corrected chi connectivity index (χ2v) is 3.92. The molecule has 0 fully saturated rings. The van der Waals surface area contributed by atoms with Crippen LogP contribution in [0.4, 0.5) is 10.1 Å². The average Bonchev–Trinajstić information content (AvgIpc) is 2.45. The molecule has 5 nitrogen and oxygen atoms in total. The zero-order valence-electron chi connectivity index (χ0n) is 10.2. The van der Waals surface area contributed by atoms with Crippen LogP contribution in [0.5, 0.6) is 5.75 Å². The first-order valence-electron chi connectivity index (χ1n) is 5.66. The summed E-state index contributed by atoms with van der Waals surface area (Å²) >= 11 is 0. The lowest BCUT2D eigenvalue weighted by molar-refractivity contribution is -0.386. The van der Waals surface area contributed by atoms with Crippen LogP contribution in [-0.2, 0) is 6.61 Å².